The summed E-state index contributed by atoms with van der Waals surface area (Å²) in [5, 5.41) is 23.0. The van der Waals surface area contributed by atoms with Crippen molar-refractivity contribution in [3.8, 4) is 0 Å². The largest absolute Gasteiger partial charge is 0.394 e. The highest BCUT2D eigenvalue weighted by Crippen LogP contribution is 2.15. The summed E-state index contributed by atoms with van der Waals surface area (Å²) in [5.41, 5.74) is 0. The molecule has 316 valence electrons. The van der Waals surface area contributed by atoms with E-state index in [0.29, 0.717) is 6.42 Å². The summed E-state index contributed by atoms with van der Waals surface area (Å²) in [4.78, 5) is 12.4. The van der Waals surface area contributed by atoms with Crippen LogP contribution in [0.15, 0.2) is 48.6 Å². The number of rotatable bonds is 43. The molecule has 0 radical (unpaired) electrons. The zero-order valence-corrected chi connectivity index (χ0v) is 36.2. The minimum Gasteiger partial charge on any atom is -0.394 e. The van der Waals surface area contributed by atoms with Crippen molar-refractivity contribution in [2.45, 2.75) is 257 Å². The molecule has 0 aliphatic carbocycles. The second-order valence-electron chi connectivity index (χ2n) is 16.2. The molecule has 0 aliphatic heterocycles. The van der Waals surface area contributed by atoms with Crippen LogP contribution < -0.4 is 5.32 Å². The van der Waals surface area contributed by atoms with Crippen LogP contribution in [0.3, 0.4) is 0 Å². The number of aliphatic hydroxyl groups is 2. The van der Waals surface area contributed by atoms with Gasteiger partial charge in [0, 0.05) is 6.42 Å². The topological polar surface area (TPSA) is 69.6 Å². The van der Waals surface area contributed by atoms with E-state index in [1.54, 1.807) is 6.08 Å². The average molecular weight is 756 g/mol. The third kappa shape index (κ3) is 41.5. The highest BCUT2D eigenvalue weighted by atomic mass is 16.3. The third-order valence-corrected chi connectivity index (χ3v) is 10.8. The van der Waals surface area contributed by atoms with Crippen molar-refractivity contribution in [3.05, 3.63) is 48.6 Å². The fourth-order valence-corrected chi connectivity index (χ4v) is 7.09. The van der Waals surface area contributed by atoms with E-state index >= 15 is 0 Å². The van der Waals surface area contributed by atoms with Gasteiger partial charge >= 0.3 is 0 Å². The molecule has 0 heterocycles. The molecule has 0 saturated carbocycles. The van der Waals surface area contributed by atoms with E-state index in [0.717, 1.165) is 38.5 Å². The van der Waals surface area contributed by atoms with E-state index in [4.69, 9.17) is 0 Å². The standard InChI is InChI=1S/C50H93NO3/c1-3-5-7-9-11-13-15-17-19-21-23-24-25-26-27-28-29-31-33-35-37-39-41-43-45-49(53)48(47-52)51-50(54)46-44-42-40-38-36-34-32-30-22-20-18-16-14-12-10-8-6-4-2/h20,22,28-29,35,37,43,45,48-49,52-53H,3-19,21,23-27,30-34,36,38-42,44,46-47H2,1-2H3,(H,51,54)/b22-20-,29-28+,37-35+,45-43+. The maximum Gasteiger partial charge on any atom is 0.220 e. The summed E-state index contributed by atoms with van der Waals surface area (Å²) >= 11 is 0. The molecule has 1 amide bonds. The molecule has 0 aromatic carbocycles. The lowest BCUT2D eigenvalue weighted by molar-refractivity contribution is -0.123. The van der Waals surface area contributed by atoms with Crippen molar-refractivity contribution < 1.29 is 15.0 Å². The number of carbonyl (C=O) groups is 1. The summed E-state index contributed by atoms with van der Waals surface area (Å²) < 4.78 is 0. The zero-order chi connectivity index (χ0) is 39.3. The van der Waals surface area contributed by atoms with Crippen molar-refractivity contribution >= 4 is 5.91 Å². The van der Waals surface area contributed by atoms with Crippen LogP contribution in [-0.4, -0.2) is 34.9 Å². The summed E-state index contributed by atoms with van der Waals surface area (Å²) in [5.74, 6) is -0.0821. The van der Waals surface area contributed by atoms with Crippen LogP contribution in [0.5, 0.6) is 0 Å². The van der Waals surface area contributed by atoms with Gasteiger partial charge in [0.25, 0.3) is 0 Å². The predicted molar refractivity (Wildman–Crippen MR) is 239 cm³/mol. The Labute approximate surface area is 337 Å². The predicted octanol–water partition coefficient (Wildman–Crippen LogP) is 15.1. The van der Waals surface area contributed by atoms with Crippen molar-refractivity contribution in [2.75, 3.05) is 6.61 Å². The lowest BCUT2D eigenvalue weighted by Gasteiger charge is -2.19. The number of hydrogen-bond acceptors (Lipinski definition) is 3. The molecule has 0 spiro atoms. The lowest BCUT2D eigenvalue weighted by atomic mass is 10.0. The molecule has 4 heteroatoms. The molecular weight excluding hydrogens is 663 g/mol. The van der Waals surface area contributed by atoms with Crippen molar-refractivity contribution in [2.24, 2.45) is 0 Å². The van der Waals surface area contributed by atoms with Gasteiger partial charge < -0.3 is 15.5 Å². The smallest absolute Gasteiger partial charge is 0.220 e. The fraction of sp³-hybridized carbons (Fsp3) is 0.820. The van der Waals surface area contributed by atoms with Gasteiger partial charge in [-0.2, -0.15) is 0 Å². The van der Waals surface area contributed by atoms with Crippen LogP contribution in [0.25, 0.3) is 0 Å². The average Bonchev–Trinajstić information content (AvgIpc) is 3.18. The Morgan fingerprint density at radius 2 is 0.722 bits per heavy atom. The molecule has 3 N–H and O–H groups in total. The van der Waals surface area contributed by atoms with Crippen LogP contribution in [0.4, 0.5) is 0 Å². The summed E-state index contributed by atoms with van der Waals surface area (Å²) in [6.45, 7) is 4.30. The molecule has 54 heavy (non-hydrogen) atoms. The molecule has 0 aromatic heterocycles. The number of hydrogen-bond donors (Lipinski definition) is 3. The van der Waals surface area contributed by atoms with Gasteiger partial charge in [0.05, 0.1) is 18.8 Å². The first kappa shape index (κ1) is 52.3. The van der Waals surface area contributed by atoms with E-state index < -0.39 is 12.1 Å². The maximum absolute atomic E-state index is 12.4. The first-order valence-corrected chi connectivity index (χ1v) is 23.9. The monoisotopic (exact) mass is 756 g/mol. The number of carbonyl (C=O) groups excluding carboxylic acids is 1. The Morgan fingerprint density at radius 1 is 0.426 bits per heavy atom. The van der Waals surface area contributed by atoms with Gasteiger partial charge in [0.15, 0.2) is 0 Å². The second-order valence-corrected chi connectivity index (χ2v) is 16.2. The van der Waals surface area contributed by atoms with Crippen LogP contribution in [-0.2, 0) is 4.79 Å². The van der Waals surface area contributed by atoms with E-state index in [2.05, 4.69) is 55.6 Å². The van der Waals surface area contributed by atoms with E-state index in [1.807, 2.05) is 6.08 Å². The molecular formula is C50H93NO3. The number of aliphatic hydroxyl groups excluding tert-OH is 2. The SMILES string of the molecule is CCCCCCCCC/C=C\CCCCCCCCCC(=O)NC(CO)C(O)/C=C/CC/C=C/CC/C=C/CCCCCCCCCCCCCCCC. The third-order valence-electron chi connectivity index (χ3n) is 10.8. The maximum atomic E-state index is 12.4. The number of nitrogens with one attached hydrogen (secondary N) is 1. The Morgan fingerprint density at radius 3 is 1.07 bits per heavy atom. The number of allylic oxidation sites excluding steroid dienone is 7. The van der Waals surface area contributed by atoms with Gasteiger partial charge in [-0.3, -0.25) is 4.79 Å². The number of amides is 1. The molecule has 0 fully saturated rings. The molecule has 4 nitrogen and oxygen atoms in total. The Balaban J connectivity index is 3.62. The van der Waals surface area contributed by atoms with Gasteiger partial charge in [-0.05, 0) is 70.6 Å². The van der Waals surface area contributed by atoms with Crippen LogP contribution in [0.2, 0.25) is 0 Å². The molecule has 0 bridgehead atoms. The summed E-state index contributed by atoms with van der Waals surface area (Å²) in [6.07, 6.45) is 62.3. The minimum atomic E-state index is -0.872. The van der Waals surface area contributed by atoms with E-state index in [1.165, 1.54) is 186 Å². The highest BCUT2D eigenvalue weighted by Gasteiger charge is 2.17. The Hall–Kier alpha value is -1.65. The van der Waals surface area contributed by atoms with Gasteiger partial charge in [0.2, 0.25) is 5.91 Å². The van der Waals surface area contributed by atoms with Gasteiger partial charge in [-0.25, -0.2) is 0 Å². The first-order valence-electron chi connectivity index (χ1n) is 23.9. The molecule has 0 rings (SSSR count). The molecule has 2 unspecified atom stereocenters. The lowest BCUT2D eigenvalue weighted by Crippen LogP contribution is -2.45. The summed E-state index contributed by atoms with van der Waals surface area (Å²) in [6, 6.07) is -0.648. The minimum absolute atomic E-state index is 0.0821. The van der Waals surface area contributed by atoms with Crippen LogP contribution in [0, 0.1) is 0 Å². The van der Waals surface area contributed by atoms with Crippen molar-refractivity contribution in [3.63, 3.8) is 0 Å². The zero-order valence-electron chi connectivity index (χ0n) is 36.2. The summed E-state index contributed by atoms with van der Waals surface area (Å²) in [7, 11) is 0. The second kappa shape index (κ2) is 45.7. The van der Waals surface area contributed by atoms with Crippen LogP contribution >= 0.6 is 0 Å². The molecule has 0 saturated heterocycles. The number of unbranched alkanes of at least 4 members (excludes halogenated alkanes) is 30. The quantitative estimate of drug-likeness (QED) is 0.0429. The van der Waals surface area contributed by atoms with Gasteiger partial charge in [-0.1, -0.05) is 217 Å². The van der Waals surface area contributed by atoms with Gasteiger partial charge in [0.1, 0.15) is 0 Å². The van der Waals surface area contributed by atoms with E-state index in [9.17, 15) is 15.0 Å². The van der Waals surface area contributed by atoms with Gasteiger partial charge in [-0.15, -0.1) is 0 Å². The molecule has 2 atom stereocenters. The fourth-order valence-electron chi connectivity index (χ4n) is 7.09. The van der Waals surface area contributed by atoms with E-state index in [-0.39, 0.29) is 12.5 Å². The Kier molecular flexibility index (Phi) is 44.3. The normalized spacial score (nSPS) is 13.3. The van der Waals surface area contributed by atoms with Crippen molar-refractivity contribution in [1.29, 1.82) is 0 Å². The highest BCUT2D eigenvalue weighted by molar-refractivity contribution is 5.76. The molecule has 0 aliphatic rings. The molecule has 0 aromatic rings. The van der Waals surface area contributed by atoms with Crippen molar-refractivity contribution in [1.82, 2.24) is 5.32 Å². The first-order chi connectivity index (χ1) is 26.7. The van der Waals surface area contributed by atoms with Crippen LogP contribution in [0.1, 0.15) is 245 Å². The Bertz CT molecular complexity index is 862.